The van der Waals surface area contributed by atoms with Crippen LogP contribution in [0.4, 0.5) is 0 Å². The van der Waals surface area contributed by atoms with Crippen molar-refractivity contribution >= 4 is 17.0 Å². The van der Waals surface area contributed by atoms with Crippen molar-refractivity contribution in [2.75, 3.05) is 26.8 Å². The maximum Gasteiger partial charge on any atom is 0.354 e. The number of nitrogens with zero attached hydrogens (tertiary/aromatic N) is 3. The third kappa shape index (κ3) is 3.10. The molecule has 1 fully saturated rings. The fraction of sp³-hybridized carbons (Fsp3) is 0.533. The van der Waals surface area contributed by atoms with Crippen molar-refractivity contribution in [2.24, 2.45) is 5.92 Å². The highest BCUT2D eigenvalue weighted by molar-refractivity contribution is 5.90. The van der Waals surface area contributed by atoms with Gasteiger partial charge in [0.25, 0.3) is 0 Å². The van der Waals surface area contributed by atoms with E-state index in [4.69, 9.17) is 4.74 Å². The molecule has 0 aromatic carbocycles. The number of carbonyl (C=O) groups is 1. The molecular weight excluding hydrogens is 284 g/mol. The molecule has 0 spiro atoms. The topological polar surface area (TPSA) is 91.3 Å². The molecule has 2 N–H and O–H groups in total. The van der Waals surface area contributed by atoms with E-state index in [0.717, 1.165) is 50.0 Å². The zero-order valence-corrected chi connectivity index (χ0v) is 12.6. The van der Waals surface area contributed by atoms with Gasteiger partial charge in [-0.1, -0.05) is 0 Å². The predicted octanol–water partition coefficient (Wildman–Crippen LogP) is 1.51. The highest BCUT2D eigenvalue weighted by atomic mass is 16.5. The molecule has 7 heteroatoms. The Hall–Kier alpha value is -1.99. The molecule has 1 saturated heterocycles. The molecule has 0 radical (unpaired) electrons. The highest BCUT2D eigenvalue weighted by Crippen LogP contribution is 2.22. The second kappa shape index (κ2) is 6.41. The molecule has 1 aliphatic heterocycles. The number of methoxy groups -OCH3 is 1. The minimum atomic E-state index is -1.02. The quantitative estimate of drug-likeness (QED) is 0.870. The number of carboxylic acid groups (broad SMARTS) is 1. The minimum Gasteiger partial charge on any atom is -0.477 e. The lowest BCUT2D eigenvalue weighted by atomic mass is 9.97. The van der Waals surface area contributed by atoms with Crippen LogP contribution in [0.25, 0.3) is 11.0 Å². The number of ether oxygens (including phenoxy) is 1. The van der Waals surface area contributed by atoms with E-state index in [2.05, 4.69) is 20.1 Å². The fourth-order valence-electron chi connectivity index (χ4n) is 3.02. The maximum atomic E-state index is 11.2. The molecule has 22 heavy (non-hydrogen) atoms. The first-order chi connectivity index (χ1) is 10.7. The lowest BCUT2D eigenvalue weighted by Crippen LogP contribution is -2.34. The molecule has 0 aliphatic carbocycles. The third-order valence-corrected chi connectivity index (χ3v) is 4.23. The van der Waals surface area contributed by atoms with E-state index >= 15 is 0 Å². The Morgan fingerprint density at radius 1 is 1.50 bits per heavy atom. The van der Waals surface area contributed by atoms with Crippen LogP contribution >= 0.6 is 0 Å². The number of aromatic amines is 1. The Kier molecular flexibility index (Phi) is 4.35. The zero-order valence-electron chi connectivity index (χ0n) is 12.6. The summed E-state index contributed by atoms with van der Waals surface area (Å²) >= 11 is 0. The molecule has 0 unspecified atom stereocenters. The molecular formula is C15H20N4O3. The van der Waals surface area contributed by atoms with Crippen LogP contribution in [-0.2, 0) is 11.3 Å². The smallest absolute Gasteiger partial charge is 0.354 e. The summed E-state index contributed by atoms with van der Waals surface area (Å²) in [6.07, 6.45) is 3.93. The van der Waals surface area contributed by atoms with Gasteiger partial charge in [0.1, 0.15) is 0 Å². The molecule has 0 bridgehead atoms. The Bertz CT molecular complexity index is 662. The molecule has 1 aliphatic rings. The molecule has 7 nitrogen and oxygen atoms in total. The van der Waals surface area contributed by atoms with Gasteiger partial charge in [0.15, 0.2) is 11.3 Å². The summed E-state index contributed by atoms with van der Waals surface area (Å²) in [6.45, 7) is 3.53. The second-order valence-electron chi connectivity index (χ2n) is 5.78. The van der Waals surface area contributed by atoms with E-state index in [9.17, 15) is 9.90 Å². The summed E-state index contributed by atoms with van der Waals surface area (Å²) in [5.74, 6) is -0.390. The van der Waals surface area contributed by atoms with E-state index in [0.29, 0.717) is 11.6 Å². The first-order valence-electron chi connectivity index (χ1n) is 7.45. The average molecular weight is 304 g/mol. The minimum absolute atomic E-state index is 0.0565. The van der Waals surface area contributed by atoms with Crippen molar-refractivity contribution < 1.29 is 14.6 Å². The van der Waals surface area contributed by atoms with Gasteiger partial charge in [-0.25, -0.2) is 9.78 Å². The van der Waals surface area contributed by atoms with Crippen LogP contribution < -0.4 is 0 Å². The number of piperidine rings is 1. The number of aromatic nitrogens is 3. The molecule has 118 valence electrons. The molecule has 0 atom stereocenters. The number of H-pyrrole nitrogens is 1. The largest absolute Gasteiger partial charge is 0.477 e. The van der Waals surface area contributed by atoms with Crippen LogP contribution in [-0.4, -0.2) is 58.0 Å². The number of aromatic carboxylic acids is 1. The van der Waals surface area contributed by atoms with Gasteiger partial charge < -0.3 is 9.84 Å². The number of pyridine rings is 1. The molecule has 2 aromatic rings. The van der Waals surface area contributed by atoms with Crippen LogP contribution in [0, 0.1) is 5.92 Å². The number of hydrogen-bond donors (Lipinski definition) is 2. The van der Waals surface area contributed by atoms with Crippen LogP contribution in [0.1, 0.15) is 28.9 Å². The van der Waals surface area contributed by atoms with Crippen LogP contribution in [0.2, 0.25) is 0 Å². The first-order valence-corrected chi connectivity index (χ1v) is 7.45. The van der Waals surface area contributed by atoms with Crippen molar-refractivity contribution in [2.45, 2.75) is 19.4 Å². The molecule has 2 aromatic heterocycles. The van der Waals surface area contributed by atoms with Gasteiger partial charge >= 0.3 is 5.97 Å². The second-order valence-corrected chi connectivity index (χ2v) is 5.78. The lowest BCUT2D eigenvalue weighted by molar-refractivity contribution is 0.0690. The number of fused-ring (bicyclic) bond motifs is 1. The normalized spacial score (nSPS) is 17.1. The van der Waals surface area contributed by atoms with Crippen molar-refractivity contribution in [3.8, 4) is 0 Å². The van der Waals surface area contributed by atoms with Gasteiger partial charge in [-0.3, -0.25) is 10.00 Å². The van der Waals surface area contributed by atoms with Crippen LogP contribution in [0.3, 0.4) is 0 Å². The van der Waals surface area contributed by atoms with E-state index in [-0.39, 0.29) is 5.69 Å². The predicted molar refractivity (Wildman–Crippen MR) is 80.7 cm³/mol. The van der Waals surface area contributed by atoms with Crippen LogP contribution in [0.5, 0.6) is 0 Å². The summed E-state index contributed by atoms with van der Waals surface area (Å²) in [4.78, 5) is 17.6. The average Bonchev–Trinajstić information content (AvgIpc) is 2.98. The Labute approximate surface area is 128 Å². The molecule has 0 amide bonds. The van der Waals surface area contributed by atoms with Gasteiger partial charge in [-0.15, -0.1) is 0 Å². The van der Waals surface area contributed by atoms with Gasteiger partial charge in [0.05, 0.1) is 6.20 Å². The van der Waals surface area contributed by atoms with E-state index in [1.54, 1.807) is 19.4 Å². The number of rotatable bonds is 5. The molecule has 3 rings (SSSR count). The van der Waals surface area contributed by atoms with Crippen molar-refractivity contribution in [3.05, 3.63) is 23.5 Å². The summed E-state index contributed by atoms with van der Waals surface area (Å²) in [5.41, 5.74) is 1.55. The summed E-state index contributed by atoms with van der Waals surface area (Å²) in [5, 5.41) is 16.8. The summed E-state index contributed by atoms with van der Waals surface area (Å²) in [7, 11) is 1.74. The van der Waals surface area contributed by atoms with Gasteiger partial charge in [-0.2, -0.15) is 5.10 Å². The van der Waals surface area contributed by atoms with Crippen molar-refractivity contribution in [3.63, 3.8) is 0 Å². The SMILES string of the molecule is COCC1CCN(Cc2cc(C(=O)O)nc3[nH]ncc23)CC1. The third-order valence-electron chi connectivity index (χ3n) is 4.23. The van der Waals surface area contributed by atoms with Gasteiger partial charge in [-0.05, 0) is 43.5 Å². The number of hydrogen-bond acceptors (Lipinski definition) is 5. The Balaban J connectivity index is 1.76. The summed E-state index contributed by atoms with van der Waals surface area (Å²) < 4.78 is 5.22. The van der Waals surface area contributed by atoms with Gasteiger partial charge in [0.2, 0.25) is 0 Å². The number of carboxylic acids is 1. The maximum absolute atomic E-state index is 11.2. The molecule has 0 saturated carbocycles. The fourth-order valence-corrected chi connectivity index (χ4v) is 3.02. The lowest BCUT2D eigenvalue weighted by Gasteiger charge is -2.31. The number of nitrogens with one attached hydrogen (secondary N) is 1. The van der Waals surface area contributed by atoms with Gasteiger partial charge in [0, 0.05) is 25.6 Å². The monoisotopic (exact) mass is 304 g/mol. The first kappa shape index (κ1) is 14.9. The molecule has 3 heterocycles. The van der Waals surface area contributed by atoms with Crippen molar-refractivity contribution in [1.82, 2.24) is 20.1 Å². The van der Waals surface area contributed by atoms with Crippen molar-refractivity contribution in [1.29, 1.82) is 0 Å². The number of likely N-dealkylation sites (tertiary alicyclic amines) is 1. The van der Waals surface area contributed by atoms with E-state index in [1.807, 2.05) is 0 Å². The standard InChI is InChI=1S/C15H20N4O3/c1-22-9-10-2-4-19(5-3-10)8-11-6-13(15(20)21)17-14-12(11)7-16-18-14/h6-7,10H,2-5,8-9H2,1H3,(H,20,21)(H,16,17,18). The zero-order chi connectivity index (χ0) is 15.5. The summed E-state index contributed by atoms with van der Waals surface area (Å²) in [6, 6.07) is 1.65. The Morgan fingerprint density at radius 2 is 2.27 bits per heavy atom. The van der Waals surface area contributed by atoms with Crippen LogP contribution in [0.15, 0.2) is 12.3 Å². The van der Waals surface area contributed by atoms with E-state index in [1.165, 1.54) is 0 Å². The Morgan fingerprint density at radius 3 is 2.95 bits per heavy atom. The highest BCUT2D eigenvalue weighted by Gasteiger charge is 2.21. The van der Waals surface area contributed by atoms with E-state index < -0.39 is 5.97 Å².